The van der Waals surface area contributed by atoms with Crippen LogP contribution in [0.1, 0.15) is 45.8 Å². The number of nitriles is 1. The van der Waals surface area contributed by atoms with Crippen LogP contribution < -0.4 is 11.1 Å². The van der Waals surface area contributed by atoms with Gasteiger partial charge in [0, 0.05) is 44.5 Å². The van der Waals surface area contributed by atoms with E-state index in [1.165, 1.54) is 10.5 Å². The maximum atomic E-state index is 13.1. The van der Waals surface area contributed by atoms with Crippen LogP contribution in [0, 0.1) is 18.3 Å². The van der Waals surface area contributed by atoms with Crippen molar-refractivity contribution in [2.24, 2.45) is 5.73 Å². The van der Waals surface area contributed by atoms with Crippen LogP contribution in [0.25, 0.3) is 0 Å². The van der Waals surface area contributed by atoms with Gasteiger partial charge in [0.05, 0.1) is 11.6 Å². The monoisotopic (exact) mass is 419 g/mol. The maximum Gasteiger partial charge on any atom is 0.321 e. The predicted molar refractivity (Wildman–Crippen MR) is 121 cm³/mol. The van der Waals surface area contributed by atoms with E-state index in [9.17, 15) is 9.59 Å². The lowest BCUT2D eigenvalue weighted by Crippen LogP contribution is -2.38. The Labute approximate surface area is 183 Å². The molecule has 31 heavy (non-hydrogen) atoms. The van der Waals surface area contributed by atoms with Crippen LogP contribution in [0.2, 0.25) is 0 Å². The van der Waals surface area contributed by atoms with Crippen LogP contribution in [0.5, 0.6) is 0 Å². The van der Waals surface area contributed by atoms with E-state index in [0.29, 0.717) is 48.9 Å². The van der Waals surface area contributed by atoms with Gasteiger partial charge in [-0.3, -0.25) is 4.79 Å². The number of rotatable bonds is 5. The largest absolute Gasteiger partial charge is 0.339 e. The summed E-state index contributed by atoms with van der Waals surface area (Å²) < 4.78 is 0. The zero-order chi connectivity index (χ0) is 22.4. The molecule has 2 aromatic carbocycles. The average Bonchev–Trinajstić information content (AvgIpc) is 2.80. The van der Waals surface area contributed by atoms with Gasteiger partial charge in [0.1, 0.15) is 0 Å². The topological polar surface area (TPSA) is 102 Å². The molecule has 0 aliphatic carbocycles. The molecule has 0 saturated carbocycles. The SMILES string of the molecule is Cc1ccc(C(=O)N2CCC(c3ccc(C#N)cc3)CC2)cc1NC(=O)N(C)CCN. The van der Waals surface area contributed by atoms with Gasteiger partial charge in [0.15, 0.2) is 0 Å². The van der Waals surface area contributed by atoms with Gasteiger partial charge >= 0.3 is 6.03 Å². The number of likely N-dealkylation sites (N-methyl/N-ethyl adjacent to an activating group) is 1. The van der Waals surface area contributed by atoms with Crippen molar-refractivity contribution >= 4 is 17.6 Å². The number of hydrogen-bond acceptors (Lipinski definition) is 4. The standard InChI is InChI=1S/C24H29N5O2/c1-17-3-6-21(15-22(17)27-24(31)28(2)14-11-25)23(30)29-12-9-20(10-13-29)19-7-4-18(16-26)5-8-19/h3-8,15,20H,9-14,25H2,1-2H3,(H,27,31). The van der Waals surface area contributed by atoms with Crippen molar-refractivity contribution in [1.29, 1.82) is 5.26 Å². The molecule has 3 amide bonds. The smallest absolute Gasteiger partial charge is 0.321 e. The molecule has 3 N–H and O–H groups in total. The van der Waals surface area contributed by atoms with Crippen molar-refractivity contribution in [1.82, 2.24) is 9.80 Å². The first-order valence-corrected chi connectivity index (χ1v) is 10.5. The summed E-state index contributed by atoms with van der Waals surface area (Å²) >= 11 is 0. The molecule has 1 aliphatic rings. The van der Waals surface area contributed by atoms with Gasteiger partial charge in [0.25, 0.3) is 5.91 Å². The van der Waals surface area contributed by atoms with E-state index in [1.54, 1.807) is 13.1 Å². The van der Waals surface area contributed by atoms with Gasteiger partial charge in [-0.05, 0) is 61.1 Å². The molecule has 1 fully saturated rings. The number of carbonyl (C=O) groups is 2. The summed E-state index contributed by atoms with van der Waals surface area (Å²) in [4.78, 5) is 28.7. The summed E-state index contributed by atoms with van der Waals surface area (Å²) in [5.41, 5.74) is 9.48. The van der Waals surface area contributed by atoms with Crippen molar-refractivity contribution in [3.8, 4) is 6.07 Å². The number of carbonyl (C=O) groups excluding carboxylic acids is 2. The average molecular weight is 420 g/mol. The van der Waals surface area contributed by atoms with Crippen LogP contribution in [-0.4, -0.2) is 55.0 Å². The van der Waals surface area contributed by atoms with Crippen LogP contribution in [0.4, 0.5) is 10.5 Å². The highest BCUT2D eigenvalue weighted by Crippen LogP contribution is 2.29. The van der Waals surface area contributed by atoms with Gasteiger partial charge < -0.3 is 20.9 Å². The molecular weight excluding hydrogens is 390 g/mol. The number of nitrogens with one attached hydrogen (secondary N) is 1. The third-order valence-electron chi connectivity index (χ3n) is 5.83. The number of hydrogen-bond donors (Lipinski definition) is 2. The summed E-state index contributed by atoms with van der Waals surface area (Å²) in [7, 11) is 1.69. The quantitative estimate of drug-likeness (QED) is 0.776. The Kier molecular flexibility index (Phi) is 7.27. The normalized spacial score (nSPS) is 14.1. The summed E-state index contributed by atoms with van der Waals surface area (Å²) in [6.07, 6.45) is 1.77. The first-order chi connectivity index (χ1) is 14.9. The number of likely N-dealkylation sites (tertiary alicyclic amines) is 1. The third kappa shape index (κ3) is 5.41. The van der Waals surface area contributed by atoms with Crippen molar-refractivity contribution in [3.05, 3.63) is 64.7 Å². The zero-order valence-corrected chi connectivity index (χ0v) is 18.1. The maximum absolute atomic E-state index is 13.1. The third-order valence-corrected chi connectivity index (χ3v) is 5.83. The molecule has 0 unspecified atom stereocenters. The fraction of sp³-hybridized carbons (Fsp3) is 0.375. The highest BCUT2D eigenvalue weighted by atomic mass is 16.2. The van der Waals surface area contributed by atoms with Crippen molar-refractivity contribution in [3.63, 3.8) is 0 Å². The fourth-order valence-corrected chi connectivity index (χ4v) is 3.82. The van der Waals surface area contributed by atoms with E-state index >= 15 is 0 Å². The number of aryl methyl sites for hydroxylation is 1. The molecule has 7 heteroatoms. The first kappa shape index (κ1) is 22.3. The molecule has 2 aromatic rings. The van der Waals surface area contributed by atoms with Crippen LogP contribution >= 0.6 is 0 Å². The van der Waals surface area contributed by atoms with E-state index < -0.39 is 0 Å². The van der Waals surface area contributed by atoms with Crippen LogP contribution in [0.15, 0.2) is 42.5 Å². The van der Waals surface area contributed by atoms with Gasteiger partial charge in [-0.25, -0.2) is 4.79 Å². The lowest BCUT2D eigenvalue weighted by atomic mass is 9.89. The van der Waals surface area contributed by atoms with Gasteiger partial charge in [-0.2, -0.15) is 5.26 Å². The molecule has 0 aromatic heterocycles. The Bertz CT molecular complexity index is 972. The first-order valence-electron chi connectivity index (χ1n) is 10.5. The molecule has 0 radical (unpaired) electrons. The zero-order valence-electron chi connectivity index (χ0n) is 18.1. The molecular formula is C24H29N5O2. The summed E-state index contributed by atoms with van der Waals surface area (Å²) in [6, 6.07) is 15.0. The lowest BCUT2D eigenvalue weighted by molar-refractivity contribution is 0.0713. The van der Waals surface area contributed by atoms with E-state index in [4.69, 9.17) is 11.0 Å². The summed E-state index contributed by atoms with van der Waals surface area (Å²) in [5, 5.41) is 11.8. The molecule has 1 heterocycles. The summed E-state index contributed by atoms with van der Waals surface area (Å²) in [5.74, 6) is 0.367. The molecule has 0 atom stereocenters. The lowest BCUT2D eigenvalue weighted by Gasteiger charge is -2.32. The minimum atomic E-state index is -0.249. The van der Waals surface area contributed by atoms with Gasteiger partial charge in [0.2, 0.25) is 0 Å². The van der Waals surface area contributed by atoms with Gasteiger partial charge in [-0.15, -0.1) is 0 Å². The number of nitrogens with zero attached hydrogens (tertiary/aromatic N) is 3. The van der Waals surface area contributed by atoms with Crippen molar-refractivity contribution < 1.29 is 9.59 Å². The number of amides is 3. The Morgan fingerprint density at radius 1 is 1.19 bits per heavy atom. The number of benzene rings is 2. The Morgan fingerprint density at radius 2 is 1.87 bits per heavy atom. The van der Waals surface area contributed by atoms with Crippen molar-refractivity contribution in [2.45, 2.75) is 25.7 Å². The molecule has 1 saturated heterocycles. The van der Waals surface area contributed by atoms with E-state index in [2.05, 4.69) is 11.4 Å². The Balaban J connectivity index is 1.64. The highest BCUT2D eigenvalue weighted by molar-refractivity contribution is 5.97. The molecule has 3 rings (SSSR count). The molecule has 7 nitrogen and oxygen atoms in total. The number of nitrogens with two attached hydrogens (primary N) is 1. The molecule has 0 spiro atoms. The van der Waals surface area contributed by atoms with Crippen molar-refractivity contribution in [2.75, 3.05) is 38.5 Å². The number of piperidine rings is 1. The molecule has 1 aliphatic heterocycles. The molecule has 162 valence electrons. The summed E-state index contributed by atoms with van der Waals surface area (Å²) in [6.45, 7) is 4.10. The fourth-order valence-electron chi connectivity index (χ4n) is 3.82. The van der Waals surface area contributed by atoms with E-state index in [1.807, 2.05) is 48.2 Å². The van der Waals surface area contributed by atoms with Crippen LogP contribution in [-0.2, 0) is 0 Å². The van der Waals surface area contributed by atoms with Crippen LogP contribution in [0.3, 0.4) is 0 Å². The molecule has 0 bridgehead atoms. The Hall–Kier alpha value is -3.37. The number of anilines is 1. The Morgan fingerprint density at radius 3 is 2.48 bits per heavy atom. The second kappa shape index (κ2) is 10.1. The second-order valence-corrected chi connectivity index (χ2v) is 7.97. The van der Waals surface area contributed by atoms with E-state index in [-0.39, 0.29) is 11.9 Å². The van der Waals surface area contributed by atoms with Gasteiger partial charge in [-0.1, -0.05) is 18.2 Å². The minimum Gasteiger partial charge on any atom is -0.339 e. The predicted octanol–water partition coefficient (Wildman–Crippen LogP) is 3.31. The number of urea groups is 1. The second-order valence-electron chi connectivity index (χ2n) is 7.97. The minimum absolute atomic E-state index is 0.0240. The van der Waals surface area contributed by atoms with E-state index in [0.717, 1.165) is 18.4 Å². The highest BCUT2D eigenvalue weighted by Gasteiger charge is 2.25.